The topological polar surface area (TPSA) is 35.2 Å². The molecule has 20 heavy (non-hydrogen) atoms. The summed E-state index contributed by atoms with van der Waals surface area (Å²) in [6.45, 7) is 5.77. The van der Waals surface area contributed by atoms with Crippen LogP contribution in [-0.4, -0.2) is 18.2 Å². The maximum atomic E-state index is 6.52. The minimum absolute atomic E-state index is 0.257. The summed E-state index contributed by atoms with van der Waals surface area (Å²) in [5.41, 5.74) is 6.78. The fourth-order valence-electron chi connectivity index (χ4n) is 5.21. The summed E-state index contributed by atoms with van der Waals surface area (Å²) in [6.07, 6.45) is 11.9. The maximum absolute atomic E-state index is 6.52. The summed E-state index contributed by atoms with van der Waals surface area (Å²) in [6, 6.07) is 0.451. The lowest BCUT2D eigenvalue weighted by Crippen LogP contribution is -2.46. The molecule has 3 fully saturated rings. The molecule has 2 aliphatic carbocycles. The van der Waals surface area contributed by atoms with E-state index in [9.17, 15) is 0 Å². The first-order valence-corrected chi connectivity index (χ1v) is 8.99. The molecule has 0 aromatic rings. The van der Waals surface area contributed by atoms with Gasteiger partial charge in [-0.1, -0.05) is 26.7 Å². The standard InChI is InChI=1S/C18H33NO/c1-13(2)14-5-6-17(19)16(11-14)15-7-10-20-18(12-15)8-3-4-9-18/h13-17H,3-12,19H2,1-2H3. The van der Waals surface area contributed by atoms with Gasteiger partial charge in [0.15, 0.2) is 0 Å². The summed E-state index contributed by atoms with van der Waals surface area (Å²) < 4.78 is 6.22. The van der Waals surface area contributed by atoms with Gasteiger partial charge in [0.2, 0.25) is 0 Å². The van der Waals surface area contributed by atoms with Gasteiger partial charge in [-0.15, -0.1) is 0 Å². The van der Waals surface area contributed by atoms with E-state index in [2.05, 4.69) is 13.8 Å². The van der Waals surface area contributed by atoms with E-state index >= 15 is 0 Å². The smallest absolute Gasteiger partial charge is 0.0685 e. The Labute approximate surface area is 124 Å². The lowest BCUT2D eigenvalue weighted by atomic mass is 9.65. The van der Waals surface area contributed by atoms with Crippen LogP contribution in [0.5, 0.6) is 0 Å². The third kappa shape index (κ3) is 2.92. The molecular weight excluding hydrogens is 246 g/mol. The monoisotopic (exact) mass is 279 g/mol. The van der Waals surface area contributed by atoms with Crippen molar-refractivity contribution in [2.24, 2.45) is 29.4 Å². The van der Waals surface area contributed by atoms with Crippen LogP contribution in [0.3, 0.4) is 0 Å². The summed E-state index contributed by atoms with van der Waals surface area (Å²) in [5.74, 6) is 3.32. The molecule has 1 heterocycles. The fourth-order valence-corrected chi connectivity index (χ4v) is 5.21. The van der Waals surface area contributed by atoms with E-state index in [0.29, 0.717) is 6.04 Å². The molecule has 116 valence electrons. The molecule has 1 aliphatic heterocycles. The highest BCUT2D eigenvalue weighted by atomic mass is 16.5. The van der Waals surface area contributed by atoms with Crippen molar-refractivity contribution in [3.05, 3.63) is 0 Å². The largest absolute Gasteiger partial charge is 0.375 e. The first-order valence-electron chi connectivity index (χ1n) is 8.99. The van der Waals surface area contributed by atoms with Gasteiger partial charge < -0.3 is 10.5 Å². The molecule has 4 atom stereocenters. The summed E-state index contributed by atoms with van der Waals surface area (Å²) in [7, 11) is 0. The molecule has 2 heteroatoms. The zero-order valence-electron chi connectivity index (χ0n) is 13.4. The van der Waals surface area contributed by atoms with Crippen molar-refractivity contribution in [1.82, 2.24) is 0 Å². The number of ether oxygens (including phenoxy) is 1. The Morgan fingerprint density at radius 3 is 2.55 bits per heavy atom. The third-order valence-corrected chi connectivity index (χ3v) is 6.59. The molecule has 3 aliphatic rings. The first kappa shape index (κ1) is 14.8. The molecular formula is C18H33NO. The van der Waals surface area contributed by atoms with Crippen LogP contribution >= 0.6 is 0 Å². The van der Waals surface area contributed by atoms with Gasteiger partial charge in [-0.05, 0) is 68.6 Å². The van der Waals surface area contributed by atoms with Gasteiger partial charge in [0.25, 0.3) is 0 Å². The Kier molecular flexibility index (Phi) is 4.42. The van der Waals surface area contributed by atoms with E-state index in [1.54, 1.807) is 0 Å². The lowest BCUT2D eigenvalue weighted by molar-refractivity contribution is -0.107. The van der Waals surface area contributed by atoms with Crippen LogP contribution in [-0.2, 0) is 4.74 Å². The summed E-state index contributed by atoms with van der Waals surface area (Å²) in [5, 5.41) is 0. The van der Waals surface area contributed by atoms with E-state index < -0.39 is 0 Å². The van der Waals surface area contributed by atoms with Gasteiger partial charge in [-0.3, -0.25) is 0 Å². The van der Waals surface area contributed by atoms with E-state index in [0.717, 1.165) is 30.3 Å². The van der Waals surface area contributed by atoms with Crippen LogP contribution < -0.4 is 5.73 Å². The Morgan fingerprint density at radius 2 is 1.85 bits per heavy atom. The van der Waals surface area contributed by atoms with Crippen molar-refractivity contribution in [2.45, 2.75) is 83.3 Å². The van der Waals surface area contributed by atoms with Gasteiger partial charge in [0, 0.05) is 12.6 Å². The Balaban J connectivity index is 1.67. The lowest BCUT2D eigenvalue weighted by Gasteiger charge is -2.46. The normalized spacial score (nSPS) is 41.4. The summed E-state index contributed by atoms with van der Waals surface area (Å²) in [4.78, 5) is 0. The molecule has 3 rings (SSSR count). The molecule has 2 N–H and O–H groups in total. The molecule has 1 saturated heterocycles. The molecule has 0 amide bonds. The molecule has 0 aromatic carbocycles. The predicted molar refractivity (Wildman–Crippen MR) is 83.5 cm³/mol. The van der Waals surface area contributed by atoms with E-state index in [1.165, 1.54) is 57.8 Å². The van der Waals surface area contributed by atoms with Gasteiger partial charge in [0.1, 0.15) is 0 Å². The van der Waals surface area contributed by atoms with Crippen molar-refractivity contribution in [3.8, 4) is 0 Å². The number of nitrogens with two attached hydrogens (primary N) is 1. The van der Waals surface area contributed by atoms with E-state index in [-0.39, 0.29) is 5.60 Å². The minimum Gasteiger partial charge on any atom is -0.375 e. The van der Waals surface area contributed by atoms with Gasteiger partial charge in [0.05, 0.1) is 5.60 Å². The Morgan fingerprint density at radius 1 is 1.10 bits per heavy atom. The molecule has 2 nitrogen and oxygen atoms in total. The van der Waals surface area contributed by atoms with Crippen LogP contribution in [0.25, 0.3) is 0 Å². The second kappa shape index (κ2) is 5.96. The second-order valence-corrected chi connectivity index (χ2v) is 8.14. The molecule has 4 unspecified atom stereocenters. The first-order chi connectivity index (χ1) is 9.60. The van der Waals surface area contributed by atoms with Crippen LogP contribution in [0, 0.1) is 23.7 Å². The van der Waals surface area contributed by atoms with Crippen LogP contribution in [0.4, 0.5) is 0 Å². The number of hydrogen-bond acceptors (Lipinski definition) is 2. The van der Waals surface area contributed by atoms with Gasteiger partial charge in [-0.25, -0.2) is 0 Å². The molecule has 0 bridgehead atoms. The third-order valence-electron chi connectivity index (χ3n) is 6.59. The Bertz CT molecular complexity index is 321. The highest BCUT2D eigenvalue weighted by molar-refractivity contribution is 4.96. The van der Waals surface area contributed by atoms with Crippen molar-refractivity contribution in [2.75, 3.05) is 6.61 Å². The average molecular weight is 279 g/mol. The molecule has 1 spiro atoms. The van der Waals surface area contributed by atoms with Crippen molar-refractivity contribution in [3.63, 3.8) is 0 Å². The zero-order chi connectivity index (χ0) is 14.2. The highest BCUT2D eigenvalue weighted by Crippen LogP contribution is 2.47. The van der Waals surface area contributed by atoms with Crippen molar-refractivity contribution < 1.29 is 4.74 Å². The number of rotatable bonds is 2. The van der Waals surface area contributed by atoms with Crippen LogP contribution in [0.15, 0.2) is 0 Å². The molecule has 0 radical (unpaired) electrons. The minimum atomic E-state index is 0.257. The fraction of sp³-hybridized carbons (Fsp3) is 1.00. The molecule has 0 aromatic heterocycles. The van der Waals surface area contributed by atoms with E-state index in [1.807, 2.05) is 0 Å². The Hall–Kier alpha value is -0.0800. The SMILES string of the molecule is CC(C)C1CCC(N)C(C2CCOC3(CCCC3)C2)C1. The maximum Gasteiger partial charge on any atom is 0.0685 e. The van der Waals surface area contributed by atoms with Crippen LogP contribution in [0.2, 0.25) is 0 Å². The van der Waals surface area contributed by atoms with Crippen molar-refractivity contribution >= 4 is 0 Å². The quantitative estimate of drug-likeness (QED) is 0.825. The zero-order valence-corrected chi connectivity index (χ0v) is 13.4. The highest BCUT2D eigenvalue weighted by Gasteiger charge is 2.44. The van der Waals surface area contributed by atoms with Gasteiger partial charge >= 0.3 is 0 Å². The van der Waals surface area contributed by atoms with E-state index in [4.69, 9.17) is 10.5 Å². The average Bonchev–Trinajstić information content (AvgIpc) is 2.87. The van der Waals surface area contributed by atoms with Gasteiger partial charge in [-0.2, -0.15) is 0 Å². The van der Waals surface area contributed by atoms with Crippen molar-refractivity contribution in [1.29, 1.82) is 0 Å². The predicted octanol–water partition coefficient (Wildman–Crippen LogP) is 4.13. The second-order valence-electron chi connectivity index (χ2n) is 8.14. The number of hydrogen-bond donors (Lipinski definition) is 1. The summed E-state index contributed by atoms with van der Waals surface area (Å²) >= 11 is 0. The molecule has 2 saturated carbocycles. The van der Waals surface area contributed by atoms with Crippen LogP contribution in [0.1, 0.15) is 71.6 Å².